The van der Waals surface area contributed by atoms with Crippen molar-refractivity contribution in [1.82, 2.24) is 24.8 Å². The van der Waals surface area contributed by atoms with Crippen LogP contribution in [0.15, 0.2) is 76.0 Å². The van der Waals surface area contributed by atoms with Crippen molar-refractivity contribution in [3.8, 4) is 11.3 Å². The van der Waals surface area contributed by atoms with Gasteiger partial charge in [0.05, 0.1) is 5.69 Å². The van der Waals surface area contributed by atoms with Crippen molar-refractivity contribution in [1.29, 1.82) is 0 Å². The number of benzene rings is 2. The molecule has 0 N–H and O–H groups in total. The maximum atomic E-state index is 12.6. The van der Waals surface area contributed by atoms with Crippen molar-refractivity contribution in [3.05, 3.63) is 99.9 Å². The first-order valence-electron chi connectivity index (χ1n) is 9.77. The first-order chi connectivity index (χ1) is 15.0. The molecule has 2 aromatic carbocycles. The van der Waals surface area contributed by atoms with Crippen molar-refractivity contribution < 1.29 is 9.32 Å². The molecular formula is C23H21N5O3. The highest BCUT2D eigenvalue weighted by molar-refractivity contribution is 5.89. The minimum absolute atomic E-state index is 0.00227. The smallest absolute Gasteiger partial charge is 0.316 e. The average Bonchev–Trinajstić information content (AvgIpc) is 3.24. The van der Waals surface area contributed by atoms with Gasteiger partial charge in [-0.15, -0.1) is 0 Å². The summed E-state index contributed by atoms with van der Waals surface area (Å²) >= 11 is 0. The number of amides is 1. The molecular weight excluding hydrogens is 394 g/mol. The number of nitrogens with zero attached hydrogens (tertiary/aromatic N) is 5. The molecule has 0 aliphatic rings. The topological polar surface area (TPSA) is 94.1 Å². The molecule has 8 nitrogen and oxygen atoms in total. The van der Waals surface area contributed by atoms with Crippen LogP contribution >= 0.6 is 0 Å². The normalized spacial score (nSPS) is 10.8. The zero-order chi connectivity index (χ0) is 21.8. The van der Waals surface area contributed by atoms with E-state index < -0.39 is 5.91 Å². The van der Waals surface area contributed by atoms with E-state index in [-0.39, 0.29) is 23.8 Å². The van der Waals surface area contributed by atoms with Crippen LogP contribution in [0.25, 0.3) is 11.3 Å². The lowest BCUT2D eigenvalue weighted by atomic mass is 10.1. The van der Waals surface area contributed by atoms with E-state index in [0.717, 1.165) is 16.7 Å². The number of aryl methyl sites for hydroxylation is 1. The minimum atomic E-state index is -0.392. The van der Waals surface area contributed by atoms with Crippen molar-refractivity contribution in [2.75, 3.05) is 7.05 Å². The highest BCUT2D eigenvalue weighted by atomic mass is 16.5. The van der Waals surface area contributed by atoms with Crippen LogP contribution in [0.3, 0.4) is 0 Å². The molecule has 0 aliphatic heterocycles. The van der Waals surface area contributed by atoms with Gasteiger partial charge in [-0.3, -0.25) is 9.59 Å². The summed E-state index contributed by atoms with van der Waals surface area (Å²) in [5.41, 5.74) is 3.38. The molecule has 8 heteroatoms. The van der Waals surface area contributed by atoms with Gasteiger partial charge in [0.1, 0.15) is 6.54 Å². The van der Waals surface area contributed by atoms with Gasteiger partial charge in [0.2, 0.25) is 0 Å². The molecule has 0 atom stereocenters. The highest BCUT2D eigenvalue weighted by Gasteiger charge is 2.20. The molecule has 0 saturated carbocycles. The fourth-order valence-corrected chi connectivity index (χ4v) is 3.07. The molecule has 0 saturated heterocycles. The molecule has 0 fully saturated rings. The molecule has 0 bridgehead atoms. The number of aromatic nitrogens is 4. The van der Waals surface area contributed by atoms with E-state index in [1.807, 2.05) is 61.5 Å². The number of hydrogen-bond donors (Lipinski definition) is 0. The van der Waals surface area contributed by atoms with Crippen LogP contribution in [0, 0.1) is 6.92 Å². The fourth-order valence-electron chi connectivity index (χ4n) is 3.07. The van der Waals surface area contributed by atoms with Gasteiger partial charge in [-0.05, 0) is 18.6 Å². The zero-order valence-electron chi connectivity index (χ0n) is 17.2. The number of carbonyl (C=O) groups is 1. The Labute approximate surface area is 178 Å². The molecule has 156 valence electrons. The Morgan fingerprint density at radius 2 is 1.77 bits per heavy atom. The second-order valence-corrected chi connectivity index (χ2v) is 7.24. The Kier molecular flexibility index (Phi) is 5.70. The predicted molar refractivity (Wildman–Crippen MR) is 114 cm³/mol. The monoisotopic (exact) mass is 415 g/mol. The summed E-state index contributed by atoms with van der Waals surface area (Å²) < 4.78 is 6.38. The largest absolute Gasteiger partial charge is 0.333 e. The average molecular weight is 415 g/mol. The Bertz CT molecular complexity index is 1250. The quantitative estimate of drug-likeness (QED) is 0.481. The molecule has 4 aromatic rings. The van der Waals surface area contributed by atoms with Gasteiger partial charge >= 0.3 is 11.8 Å². The van der Waals surface area contributed by atoms with Gasteiger partial charge in [-0.25, -0.2) is 4.68 Å². The second-order valence-electron chi connectivity index (χ2n) is 7.24. The SMILES string of the molecule is Cc1ccc(-c2ccc(=O)n(Cc3noc(C(=O)N(C)Cc4ccccc4)n3)n2)cc1. The van der Waals surface area contributed by atoms with E-state index in [9.17, 15) is 9.59 Å². The summed E-state index contributed by atoms with van der Waals surface area (Å²) in [7, 11) is 1.66. The van der Waals surface area contributed by atoms with E-state index in [0.29, 0.717) is 12.2 Å². The summed E-state index contributed by atoms with van der Waals surface area (Å²) in [5.74, 6) is -0.320. The van der Waals surface area contributed by atoms with Crippen molar-refractivity contribution in [2.45, 2.75) is 20.0 Å². The van der Waals surface area contributed by atoms with Crippen LogP contribution in [0.2, 0.25) is 0 Å². The highest BCUT2D eigenvalue weighted by Crippen LogP contribution is 2.16. The Morgan fingerprint density at radius 1 is 1.03 bits per heavy atom. The van der Waals surface area contributed by atoms with Gasteiger partial charge in [0.25, 0.3) is 5.56 Å². The molecule has 0 aliphatic carbocycles. The lowest BCUT2D eigenvalue weighted by Crippen LogP contribution is -2.26. The third-order valence-electron chi connectivity index (χ3n) is 4.77. The van der Waals surface area contributed by atoms with Crippen LogP contribution in [0.1, 0.15) is 27.6 Å². The Balaban J connectivity index is 1.49. The van der Waals surface area contributed by atoms with Gasteiger partial charge < -0.3 is 9.42 Å². The summed E-state index contributed by atoms with van der Waals surface area (Å²) in [4.78, 5) is 30.5. The molecule has 2 aromatic heterocycles. The van der Waals surface area contributed by atoms with Crippen molar-refractivity contribution in [2.24, 2.45) is 0 Å². The summed E-state index contributed by atoms with van der Waals surface area (Å²) in [5, 5.41) is 8.24. The first-order valence-corrected chi connectivity index (χ1v) is 9.77. The van der Waals surface area contributed by atoms with Crippen LogP contribution in [-0.2, 0) is 13.1 Å². The van der Waals surface area contributed by atoms with Gasteiger partial charge in [0, 0.05) is 25.2 Å². The van der Waals surface area contributed by atoms with E-state index in [4.69, 9.17) is 4.52 Å². The van der Waals surface area contributed by atoms with Gasteiger partial charge in [-0.1, -0.05) is 65.3 Å². The van der Waals surface area contributed by atoms with Crippen LogP contribution in [0.4, 0.5) is 0 Å². The standard InChI is InChI=1S/C23H21N5O3/c1-16-8-10-18(11-9-16)19-12-13-21(29)28(25-19)15-20-24-22(31-26-20)23(30)27(2)14-17-6-4-3-5-7-17/h3-13H,14-15H2,1-2H3. The first kappa shape index (κ1) is 20.2. The lowest BCUT2D eigenvalue weighted by molar-refractivity contribution is 0.0735. The van der Waals surface area contributed by atoms with Gasteiger partial charge in [-0.2, -0.15) is 10.1 Å². The second kappa shape index (κ2) is 8.74. The lowest BCUT2D eigenvalue weighted by Gasteiger charge is -2.14. The van der Waals surface area contributed by atoms with E-state index in [1.54, 1.807) is 13.1 Å². The summed E-state index contributed by atoms with van der Waals surface area (Å²) in [6.07, 6.45) is 0. The molecule has 1 amide bonds. The Hall–Kier alpha value is -4.07. The maximum absolute atomic E-state index is 12.6. The predicted octanol–water partition coefficient (Wildman–Crippen LogP) is 2.92. The number of carbonyl (C=O) groups excluding carboxylic acids is 1. The third kappa shape index (κ3) is 4.75. The molecule has 0 spiro atoms. The third-order valence-corrected chi connectivity index (χ3v) is 4.77. The van der Waals surface area contributed by atoms with Crippen LogP contribution in [-0.4, -0.2) is 37.8 Å². The molecule has 4 rings (SSSR count). The van der Waals surface area contributed by atoms with Crippen molar-refractivity contribution in [3.63, 3.8) is 0 Å². The molecule has 31 heavy (non-hydrogen) atoms. The summed E-state index contributed by atoms with van der Waals surface area (Å²) in [6.45, 7) is 2.42. The van der Waals surface area contributed by atoms with E-state index >= 15 is 0 Å². The zero-order valence-corrected chi connectivity index (χ0v) is 17.2. The Morgan fingerprint density at radius 3 is 2.52 bits per heavy atom. The van der Waals surface area contributed by atoms with Crippen LogP contribution < -0.4 is 5.56 Å². The molecule has 0 unspecified atom stereocenters. The number of rotatable bonds is 6. The van der Waals surface area contributed by atoms with Crippen LogP contribution in [0.5, 0.6) is 0 Å². The number of hydrogen-bond acceptors (Lipinski definition) is 6. The fraction of sp³-hybridized carbons (Fsp3) is 0.174. The van der Waals surface area contributed by atoms with Crippen molar-refractivity contribution >= 4 is 5.91 Å². The van der Waals surface area contributed by atoms with E-state index in [2.05, 4.69) is 15.2 Å². The molecule has 0 radical (unpaired) electrons. The minimum Gasteiger partial charge on any atom is -0.333 e. The maximum Gasteiger partial charge on any atom is 0.316 e. The summed E-state index contributed by atoms with van der Waals surface area (Å²) in [6, 6.07) is 20.6. The molecule has 2 heterocycles. The van der Waals surface area contributed by atoms with Gasteiger partial charge in [0.15, 0.2) is 5.82 Å². The van der Waals surface area contributed by atoms with E-state index in [1.165, 1.54) is 15.6 Å².